The minimum absolute atomic E-state index is 0.0364. The number of Topliss-reactive ketones (excluding diaryl/α,β-unsaturated/α-hetero) is 1. The van der Waals surface area contributed by atoms with Gasteiger partial charge in [-0.3, -0.25) is 9.59 Å². The quantitative estimate of drug-likeness (QED) is 0.776. The standard InChI is InChI=1S/C12H11F2NO3/c13-12(14)18-10-3-1-8(2-4-10)15-6-5-9(16)7-11(15)17/h1-4,12H,5-7H2. The number of halogens is 2. The Bertz CT molecular complexity index is 459. The summed E-state index contributed by atoms with van der Waals surface area (Å²) in [5.41, 5.74) is 0.578. The predicted octanol–water partition coefficient (Wildman–Crippen LogP) is 1.98. The number of amides is 1. The predicted molar refractivity (Wildman–Crippen MR) is 59.7 cm³/mol. The van der Waals surface area contributed by atoms with Crippen LogP contribution < -0.4 is 9.64 Å². The molecule has 18 heavy (non-hydrogen) atoms. The van der Waals surface area contributed by atoms with Gasteiger partial charge in [-0.25, -0.2) is 0 Å². The molecule has 2 rings (SSSR count). The number of benzene rings is 1. The van der Waals surface area contributed by atoms with Gasteiger partial charge in [0.2, 0.25) is 5.91 Å². The molecule has 0 bridgehead atoms. The van der Waals surface area contributed by atoms with Crippen LogP contribution in [0.15, 0.2) is 24.3 Å². The molecule has 1 aromatic carbocycles. The monoisotopic (exact) mass is 255 g/mol. The third-order valence-electron chi connectivity index (χ3n) is 2.64. The van der Waals surface area contributed by atoms with E-state index in [-0.39, 0.29) is 23.9 Å². The van der Waals surface area contributed by atoms with Crippen molar-refractivity contribution in [3.05, 3.63) is 24.3 Å². The van der Waals surface area contributed by atoms with Crippen LogP contribution in [0, 0.1) is 0 Å². The molecule has 0 unspecified atom stereocenters. The Balaban J connectivity index is 2.09. The van der Waals surface area contributed by atoms with E-state index in [1.165, 1.54) is 29.2 Å². The third kappa shape index (κ3) is 2.82. The highest BCUT2D eigenvalue weighted by atomic mass is 19.3. The molecule has 1 aromatic rings. The molecule has 96 valence electrons. The molecular formula is C12H11F2NO3. The number of ketones is 1. The van der Waals surface area contributed by atoms with Gasteiger partial charge in [0.15, 0.2) is 0 Å². The zero-order chi connectivity index (χ0) is 13.1. The van der Waals surface area contributed by atoms with E-state index >= 15 is 0 Å². The molecule has 0 aliphatic carbocycles. The molecule has 0 aromatic heterocycles. The Hall–Kier alpha value is -1.98. The Morgan fingerprint density at radius 1 is 1.17 bits per heavy atom. The normalized spacial score (nSPS) is 16.3. The number of hydrogen-bond donors (Lipinski definition) is 0. The molecule has 0 radical (unpaired) electrons. The zero-order valence-electron chi connectivity index (χ0n) is 9.44. The van der Waals surface area contributed by atoms with Crippen molar-refractivity contribution >= 4 is 17.4 Å². The van der Waals surface area contributed by atoms with E-state index in [1.807, 2.05) is 0 Å². The maximum absolute atomic E-state index is 12.0. The van der Waals surface area contributed by atoms with E-state index in [9.17, 15) is 18.4 Å². The fraction of sp³-hybridized carbons (Fsp3) is 0.333. The summed E-state index contributed by atoms with van der Waals surface area (Å²) in [7, 11) is 0. The summed E-state index contributed by atoms with van der Waals surface area (Å²) < 4.78 is 28.1. The minimum atomic E-state index is -2.87. The molecule has 0 saturated carbocycles. The molecule has 0 N–H and O–H groups in total. The highest BCUT2D eigenvalue weighted by molar-refractivity contribution is 6.08. The van der Waals surface area contributed by atoms with Gasteiger partial charge in [-0.15, -0.1) is 0 Å². The van der Waals surface area contributed by atoms with Gasteiger partial charge in [0.25, 0.3) is 0 Å². The van der Waals surface area contributed by atoms with Crippen molar-refractivity contribution in [2.24, 2.45) is 0 Å². The largest absolute Gasteiger partial charge is 0.435 e. The van der Waals surface area contributed by atoms with E-state index in [1.54, 1.807) is 0 Å². The smallest absolute Gasteiger partial charge is 0.387 e. The van der Waals surface area contributed by atoms with Crippen LogP contribution in [-0.2, 0) is 9.59 Å². The van der Waals surface area contributed by atoms with E-state index in [2.05, 4.69) is 4.74 Å². The number of nitrogens with zero attached hydrogens (tertiary/aromatic N) is 1. The topological polar surface area (TPSA) is 46.6 Å². The highest BCUT2D eigenvalue weighted by Crippen LogP contribution is 2.23. The maximum Gasteiger partial charge on any atom is 0.387 e. The van der Waals surface area contributed by atoms with Crippen LogP contribution in [0.5, 0.6) is 5.75 Å². The van der Waals surface area contributed by atoms with Crippen LogP contribution in [0.2, 0.25) is 0 Å². The van der Waals surface area contributed by atoms with E-state index < -0.39 is 6.61 Å². The van der Waals surface area contributed by atoms with Crippen LogP contribution in [0.1, 0.15) is 12.8 Å². The molecule has 4 nitrogen and oxygen atoms in total. The van der Waals surface area contributed by atoms with E-state index in [4.69, 9.17) is 0 Å². The van der Waals surface area contributed by atoms with Crippen LogP contribution >= 0.6 is 0 Å². The van der Waals surface area contributed by atoms with E-state index in [0.29, 0.717) is 18.7 Å². The summed E-state index contributed by atoms with van der Waals surface area (Å²) in [5.74, 6) is -0.308. The Morgan fingerprint density at radius 3 is 2.39 bits per heavy atom. The zero-order valence-corrected chi connectivity index (χ0v) is 9.44. The van der Waals surface area contributed by atoms with Gasteiger partial charge in [-0.2, -0.15) is 8.78 Å². The lowest BCUT2D eigenvalue weighted by Crippen LogP contribution is -2.38. The number of piperidine rings is 1. The summed E-state index contributed by atoms with van der Waals surface area (Å²) in [4.78, 5) is 24.2. The first kappa shape index (κ1) is 12.5. The average molecular weight is 255 g/mol. The second-order valence-corrected chi connectivity index (χ2v) is 3.88. The fourth-order valence-corrected chi connectivity index (χ4v) is 1.79. The van der Waals surface area contributed by atoms with Crippen molar-refractivity contribution in [2.75, 3.05) is 11.4 Å². The van der Waals surface area contributed by atoms with Crippen molar-refractivity contribution in [3.63, 3.8) is 0 Å². The van der Waals surface area contributed by atoms with Gasteiger partial charge in [-0.05, 0) is 24.3 Å². The number of alkyl halides is 2. The van der Waals surface area contributed by atoms with Gasteiger partial charge in [-0.1, -0.05) is 0 Å². The number of anilines is 1. The average Bonchev–Trinajstić information content (AvgIpc) is 2.30. The minimum Gasteiger partial charge on any atom is -0.435 e. The van der Waals surface area contributed by atoms with Gasteiger partial charge >= 0.3 is 6.61 Å². The summed E-state index contributed by atoms with van der Waals surface area (Å²) in [6.07, 6.45) is 0.219. The van der Waals surface area contributed by atoms with Gasteiger partial charge in [0.1, 0.15) is 11.5 Å². The molecule has 0 atom stereocenters. The molecule has 0 spiro atoms. The van der Waals surface area contributed by atoms with Crippen molar-refractivity contribution in [1.82, 2.24) is 0 Å². The lowest BCUT2D eigenvalue weighted by molar-refractivity contribution is -0.128. The molecule has 6 heteroatoms. The summed E-state index contributed by atoms with van der Waals surface area (Å²) >= 11 is 0. The Morgan fingerprint density at radius 2 is 1.83 bits per heavy atom. The molecule has 1 fully saturated rings. The summed E-state index contributed by atoms with van der Waals surface area (Å²) in [6, 6.07) is 5.77. The number of ether oxygens (including phenoxy) is 1. The molecular weight excluding hydrogens is 244 g/mol. The lowest BCUT2D eigenvalue weighted by atomic mass is 10.1. The molecule has 1 heterocycles. The fourth-order valence-electron chi connectivity index (χ4n) is 1.79. The molecule has 1 amide bonds. The van der Waals surface area contributed by atoms with Crippen LogP contribution in [-0.4, -0.2) is 24.8 Å². The number of rotatable bonds is 3. The molecule has 1 aliphatic rings. The van der Waals surface area contributed by atoms with Gasteiger partial charge < -0.3 is 9.64 Å². The number of carbonyl (C=O) groups excluding carboxylic acids is 2. The van der Waals surface area contributed by atoms with Crippen molar-refractivity contribution in [3.8, 4) is 5.75 Å². The summed E-state index contributed by atoms with van der Waals surface area (Å²) in [5, 5.41) is 0. The number of carbonyl (C=O) groups is 2. The highest BCUT2D eigenvalue weighted by Gasteiger charge is 2.24. The van der Waals surface area contributed by atoms with Crippen LogP contribution in [0.3, 0.4) is 0 Å². The Labute approximate surface area is 102 Å². The third-order valence-corrected chi connectivity index (χ3v) is 2.64. The SMILES string of the molecule is O=C1CCN(c2ccc(OC(F)F)cc2)C(=O)C1. The molecule has 1 aliphatic heterocycles. The maximum atomic E-state index is 12.0. The lowest BCUT2D eigenvalue weighted by Gasteiger charge is -2.26. The Kier molecular flexibility index (Phi) is 3.55. The van der Waals surface area contributed by atoms with Crippen molar-refractivity contribution < 1.29 is 23.1 Å². The second-order valence-electron chi connectivity index (χ2n) is 3.88. The van der Waals surface area contributed by atoms with Crippen molar-refractivity contribution in [1.29, 1.82) is 0 Å². The van der Waals surface area contributed by atoms with Crippen LogP contribution in [0.25, 0.3) is 0 Å². The number of hydrogen-bond acceptors (Lipinski definition) is 3. The molecule has 1 saturated heterocycles. The first-order valence-electron chi connectivity index (χ1n) is 5.43. The van der Waals surface area contributed by atoms with Gasteiger partial charge in [0, 0.05) is 18.7 Å². The van der Waals surface area contributed by atoms with Crippen molar-refractivity contribution in [2.45, 2.75) is 19.5 Å². The van der Waals surface area contributed by atoms with E-state index in [0.717, 1.165) is 0 Å². The second kappa shape index (κ2) is 5.12. The van der Waals surface area contributed by atoms with Crippen LogP contribution in [0.4, 0.5) is 14.5 Å². The first-order chi connectivity index (χ1) is 8.56. The summed E-state index contributed by atoms with van der Waals surface area (Å²) in [6.45, 7) is -2.54. The first-order valence-corrected chi connectivity index (χ1v) is 5.43. The van der Waals surface area contributed by atoms with Gasteiger partial charge in [0.05, 0.1) is 6.42 Å².